The van der Waals surface area contributed by atoms with Crippen LogP contribution in [0.4, 0.5) is 0 Å². The molecule has 3 N–H and O–H groups in total. The predicted octanol–water partition coefficient (Wildman–Crippen LogP) is 2.76. The van der Waals surface area contributed by atoms with Crippen LogP contribution in [0.1, 0.15) is 66.7 Å². The van der Waals surface area contributed by atoms with Gasteiger partial charge >= 0.3 is 0 Å². The molecule has 5 rings (SSSR count). The topological polar surface area (TPSA) is 156 Å². The van der Waals surface area contributed by atoms with Crippen molar-refractivity contribution in [3.8, 4) is 5.69 Å². The van der Waals surface area contributed by atoms with Gasteiger partial charge in [0.1, 0.15) is 18.4 Å². The molecule has 2 aromatic carbocycles. The number of hydrogen-bond acceptors (Lipinski definition) is 7. The third kappa shape index (κ3) is 8.93. The van der Waals surface area contributed by atoms with E-state index in [9.17, 15) is 19.2 Å². The Kier molecular flexibility index (Phi) is 11.3. The molecule has 13 nitrogen and oxygen atoms in total. The van der Waals surface area contributed by atoms with Crippen LogP contribution in [0.5, 0.6) is 0 Å². The van der Waals surface area contributed by atoms with Gasteiger partial charge in [-0.1, -0.05) is 44.2 Å². The first-order valence-electron chi connectivity index (χ1n) is 16.4. The number of carbonyl (C=O) groups excluding carboxylic acids is 4. The molecule has 0 unspecified atom stereocenters. The number of aryl methyl sites for hydroxylation is 1. The summed E-state index contributed by atoms with van der Waals surface area (Å²) in [5.74, 6) is -0.201. The lowest BCUT2D eigenvalue weighted by molar-refractivity contribution is -0.129. The third-order valence-electron chi connectivity index (χ3n) is 8.24. The van der Waals surface area contributed by atoms with Crippen molar-refractivity contribution in [2.24, 2.45) is 5.92 Å². The zero-order chi connectivity index (χ0) is 34.0. The Balaban J connectivity index is 1.37. The molecular formula is C35H43N9O4. The summed E-state index contributed by atoms with van der Waals surface area (Å²) in [4.78, 5) is 64.1. The van der Waals surface area contributed by atoms with Crippen molar-refractivity contribution in [3.63, 3.8) is 0 Å². The van der Waals surface area contributed by atoms with Crippen LogP contribution in [0.15, 0.2) is 73.3 Å². The largest absolute Gasteiger partial charge is 0.354 e. The van der Waals surface area contributed by atoms with Gasteiger partial charge in [0.2, 0.25) is 17.7 Å². The number of nitrogens with one attached hydrogen (secondary N) is 3. The molecule has 0 saturated carbocycles. The zero-order valence-corrected chi connectivity index (χ0v) is 27.6. The van der Waals surface area contributed by atoms with Crippen LogP contribution >= 0.6 is 0 Å². The molecule has 13 heteroatoms. The van der Waals surface area contributed by atoms with Crippen molar-refractivity contribution in [2.75, 3.05) is 19.6 Å². The van der Waals surface area contributed by atoms with Crippen molar-refractivity contribution in [2.45, 2.75) is 65.1 Å². The van der Waals surface area contributed by atoms with E-state index in [2.05, 4.69) is 31.0 Å². The van der Waals surface area contributed by atoms with E-state index in [4.69, 9.17) is 0 Å². The summed E-state index contributed by atoms with van der Waals surface area (Å²) in [7, 11) is 0. The molecule has 3 heterocycles. The molecular weight excluding hydrogens is 610 g/mol. The fraction of sp³-hybridized carbons (Fsp3) is 0.400. The standard InChI is InChI=1S/C35H43N9O4/c1-24(2)32-33-38-25(3)41-44(33)22-31(46)37-16-8-19-42(35(48)27-12-14-28(15-13-27)43-20-17-36-23-43)18-7-11-30(45)39-29(34(47)40-32)21-26-9-5-4-6-10-26/h4-6,9-10,12-15,17,20,23-24,29,32H,7-8,11,16,18-19,21-22H2,1-3H3,(H,37,46)(H,39,45)(H,40,47)/t29-,32+/m1/s1. The lowest BCUT2D eigenvalue weighted by Crippen LogP contribution is -2.50. The third-order valence-corrected chi connectivity index (χ3v) is 8.24. The minimum atomic E-state index is -0.854. The summed E-state index contributed by atoms with van der Waals surface area (Å²) in [5, 5.41) is 13.4. The van der Waals surface area contributed by atoms with E-state index in [0.717, 1.165) is 11.3 Å². The van der Waals surface area contributed by atoms with Crippen LogP contribution in [-0.2, 0) is 27.3 Å². The van der Waals surface area contributed by atoms with Crippen LogP contribution in [0.2, 0.25) is 0 Å². The molecule has 0 saturated heterocycles. The van der Waals surface area contributed by atoms with Gasteiger partial charge in [0, 0.05) is 56.1 Å². The minimum Gasteiger partial charge on any atom is -0.354 e. The second kappa shape index (κ2) is 16.0. The molecule has 2 aromatic heterocycles. The van der Waals surface area contributed by atoms with Crippen LogP contribution in [-0.4, -0.2) is 78.5 Å². The van der Waals surface area contributed by atoms with Crippen molar-refractivity contribution >= 4 is 23.6 Å². The number of imidazole rings is 1. The molecule has 0 radical (unpaired) electrons. The Bertz CT molecular complexity index is 1680. The number of carbonyl (C=O) groups is 4. The molecule has 0 fully saturated rings. The van der Waals surface area contributed by atoms with Crippen molar-refractivity contribution in [1.82, 2.24) is 45.2 Å². The maximum atomic E-state index is 13.8. The highest BCUT2D eigenvalue weighted by Gasteiger charge is 2.30. The van der Waals surface area contributed by atoms with E-state index >= 15 is 0 Å². The molecule has 2 atom stereocenters. The highest BCUT2D eigenvalue weighted by Crippen LogP contribution is 2.21. The number of benzene rings is 2. The van der Waals surface area contributed by atoms with Crippen molar-refractivity contribution in [3.05, 3.63) is 96.1 Å². The van der Waals surface area contributed by atoms with Crippen LogP contribution in [0.3, 0.4) is 0 Å². The Hall–Kier alpha value is -5.33. The normalized spacial score (nSPS) is 18.7. The molecule has 0 bridgehead atoms. The van der Waals surface area contributed by atoms with Gasteiger partial charge in [0.25, 0.3) is 5.91 Å². The molecule has 0 spiro atoms. The molecule has 4 aromatic rings. The lowest BCUT2D eigenvalue weighted by Gasteiger charge is -2.26. The highest BCUT2D eigenvalue weighted by molar-refractivity contribution is 5.94. The monoisotopic (exact) mass is 653 g/mol. The molecule has 48 heavy (non-hydrogen) atoms. The first-order valence-corrected chi connectivity index (χ1v) is 16.4. The van der Waals surface area contributed by atoms with Gasteiger partial charge in [-0.15, -0.1) is 0 Å². The Morgan fingerprint density at radius 3 is 2.42 bits per heavy atom. The van der Waals surface area contributed by atoms with Crippen molar-refractivity contribution < 1.29 is 19.2 Å². The van der Waals surface area contributed by atoms with Crippen LogP contribution in [0, 0.1) is 12.8 Å². The number of hydrogen-bond donors (Lipinski definition) is 3. The Labute approximate surface area is 280 Å². The van der Waals surface area contributed by atoms with E-state index in [1.54, 1.807) is 36.5 Å². The molecule has 0 aliphatic carbocycles. The minimum absolute atomic E-state index is 0.0780. The number of amides is 4. The molecule has 4 amide bonds. The molecule has 252 valence electrons. The molecule has 1 aliphatic rings. The van der Waals surface area contributed by atoms with Crippen LogP contribution < -0.4 is 16.0 Å². The first-order chi connectivity index (χ1) is 23.2. The van der Waals surface area contributed by atoms with E-state index in [1.165, 1.54) is 4.68 Å². The average molecular weight is 654 g/mol. The summed E-state index contributed by atoms with van der Waals surface area (Å²) in [5.41, 5.74) is 2.29. The number of aromatic nitrogens is 5. The Morgan fingerprint density at radius 2 is 1.71 bits per heavy atom. The van der Waals surface area contributed by atoms with E-state index in [1.807, 2.05) is 67.1 Å². The van der Waals surface area contributed by atoms with Gasteiger partial charge < -0.3 is 25.4 Å². The second-order valence-corrected chi connectivity index (χ2v) is 12.3. The summed E-state index contributed by atoms with van der Waals surface area (Å²) < 4.78 is 3.37. The highest BCUT2D eigenvalue weighted by atomic mass is 16.2. The second-order valence-electron chi connectivity index (χ2n) is 12.3. The first kappa shape index (κ1) is 34.0. The SMILES string of the molecule is Cc1nc2n(n1)CC(=O)NCCCN(C(=O)c1ccc(-n3ccnc3)cc1)CCCC(=O)N[C@H](Cc1ccccc1)C(=O)N[C@H]2C(C)C. The van der Waals surface area contributed by atoms with Gasteiger partial charge in [-0.2, -0.15) is 5.10 Å². The number of fused-ring (bicyclic) bond motifs is 1. The average Bonchev–Trinajstić information content (AvgIpc) is 3.74. The van der Waals surface area contributed by atoms with E-state index in [-0.39, 0.29) is 48.9 Å². The van der Waals surface area contributed by atoms with Gasteiger partial charge in [0.15, 0.2) is 5.82 Å². The quantitative estimate of drug-likeness (QED) is 0.299. The van der Waals surface area contributed by atoms with Gasteiger partial charge in [-0.25, -0.2) is 14.6 Å². The molecule has 1 aliphatic heterocycles. The number of nitrogens with zero attached hydrogens (tertiary/aromatic N) is 6. The number of rotatable bonds is 5. The van der Waals surface area contributed by atoms with Gasteiger partial charge in [0.05, 0.1) is 12.4 Å². The fourth-order valence-corrected chi connectivity index (χ4v) is 5.73. The summed E-state index contributed by atoms with van der Waals surface area (Å²) in [6.07, 6.45) is 6.53. The van der Waals surface area contributed by atoms with E-state index < -0.39 is 12.1 Å². The predicted molar refractivity (Wildman–Crippen MR) is 179 cm³/mol. The van der Waals surface area contributed by atoms with E-state index in [0.29, 0.717) is 49.7 Å². The van der Waals surface area contributed by atoms with Gasteiger partial charge in [-0.3, -0.25) is 19.2 Å². The zero-order valence-electron chi connectivity index (χ0n) is 27.6. The van der Waals surface area contributed by atoms with Gasteiger partial charge in [-0.05, 0) is 55.5 Å². The maximum absolute atomic E-state index is 13.8. The smallest absolute Gasteiger partial charge is 0.253 e. The van der Waals surface area contributed by atoms with Crippen molar-refractivity contribution in [1.29, 1.82) is 0 Å². The fourth-order valence-electron chi connectivity index (χ4n) is 5.73. The summed E-state index contributed by atoms with van der Waals surface area (Å²) in [6.45, 7) is 6.63. The summed E-state index contributed by atoms with van der Waals surface area (Å²) >= 11 is 0. The lowest BCUT2D eigenvalue weighted by atomic mass is 10.0. The maximum Gasteiger partial charge on any atom is 0.253 e. The summed E-state index contributed by atoms with van der Waals surface area (Å²) in [6, 6.07) is 15.3. The van der Waals surface area contributed by atoms with Crippen LogP contribution in [0.25, 0.3) is 5.69 Å². The Morgan fingerprint density at radius 1 is 0.958 bits per heavy atom.